The second kappa shape index (κ2) is 10.7. The van der Waals surface area contributed by atoms with Gasteiger partial charge in [0.25, 0.3) is 0 Å². The SMILES string of the molecule is O=C(O)CCC(=O)c1ccc(NC(=O)CCN2CCC(c3ccccc3)CC2)cc1. The molecule has 1 fully saturated rings. The highest BCUT2D eigenvalue weighted by Crippen LogP contribution is 2.27. The van der Waals surface area contributed by atoms with Crippen LogP contribution in [0.5, 0.6) is 0 Å². The fourth-order valence-electron chi connectivity index (χ4n) is 3.80. The number of carbonyl (C=O) groups excluding carboxylic acids is 2. The molecule has 6 nitrogen and oxygen atoms in total. The van der Waals surface area contributed by atoms with E-state index in [9.17, 15) is 14.4 Å². The van der Waals surface area contributed by atoms with Gasteiger partial charge in [-0.1, -0.05) is 30.3 Å². The lowest BCUT2D eigenvalue weighted by Crippen LogP contribution is -2.35. The van der Waals surface area contributed by atoms with E-state index in [1.807, 2.05) is 6.07 Å². The van der Waals surface area contributed by atoms with Crippen LogP contribution < -0.4 is 5.32 Å². The molecule has 0 spiro atoms. The van der Waals surface area contributed by atoms with Crippen LogP contribution in [0.25, 0.3) is 0 Å². The first-order chi connectivity index (χ1) is 14.5. The monoisotopic (exact) mass is 408 g/mol. The predicted molar refractivity (Wildman–Crippen MR) is 116 cm³/mol. The Morgan fingerprint density at radius 2 is 1.57 bits per heavy atom. The number of carboxylic acid groups (broad SMARTS) is 1. The fourth-order valence-corrected chi connectivity index (χ4v) is 3.80. The molecule has 1 heterocycles. The van der Waals surface area contributed by atoms with Crippen molar-refractivity contribution in [2.24, 2.45) is 0 Å². The molecule has 1 amide bonds. The standard InChI is InChI=1S/C24H28N2O4/c27-22(10-11-24(29)30)20-6-8-21(9-7-20)25-23(28)14-17-26-15-12-19(13-16-26)18-4-2-1-3-5-18/h1-9,19H,10-17H2,(H,25,28)(H,29,30). The Labute approximate surface area is 176 Å². The lowest BCUT2D eigenvalue weighted by Gasteiger charge is -2.32. The second-order valence-electron chi connectivity index (χ2n) is 7.72. The molecule has 1 saturated heterocycles. The van der Waals surface area contributed by atoms with Gasteiger partial charge >= 0.3 is 5.97 Å². The van der Waals surface area contributed by atoms with E-state index in [0.717, 1.165) is 32.5 Å². The maximum absolute atomic E-state index is 12.3. The summed E-state index contributed by atoms with van der Waals surface area (Å²) in [5.41, 5.74) is 2.49. The molecule has 0 atom stereocenters. The molecular formula is C24H28N2O4. The molecule has 158 valence electrons. The summed E-state index contributed by atoms with van der Waals surface area (Å²) in [4.78, 5) is 37.1. The third-order valence-corrected chi connectivity index (χ3v) is 5.57. The van der Waals surface area contributed by atoms with Crippen molar-refractivity contribution in [2.75, 3.05) is 25.0 Å². The third kappa shape index (κ3) is 6.52. The number of anilines is 1. The van der Waals surface area contributed by atoms with Crippen LogP contribution in [-0.4, -0.2) is 47.3 Å². The van der Waals surface area contributed by atoms with Crippen molar-refractivity contribution >= 4 is 23.3 Å². The highest BCUT2D eigenvalue weighted by atomic mass is 16.4. The van der Waals surface area contributed by atoms with Crippen LogP contribution in [0.3, 0.4) is 0 Å². The van der Waals surface area contributed by atoms with Crippen molar-refractivity contribution in [1.82, 2.24) is 4.90 Å². The van der Waals surface area contributed by atoms with E-state index in [4.69, 9.17) is 5.11 Å². The smallest absolute Gasteiger partial charge is 0.303 e. The van der Waals surface area contributed by atoms with E-state index >= 15 is 0 Å². The van der Waals surface area contributed by atoms with E-state index in [2.05, 4.69) is 34.5 Å². The predicted octanol–water partition coefficient (Wildman–Crippen LogP) is 3.94. The van der Waals surface area contributed by atoms with Gasteiger partial charge in [0.15, 0.2) is 5.78 Å². The number of nitrogens with one attached hydrogen (secondary N) is 1. The molecule has 2 aromatic carbocycles. The summed E-state index contributed by atoms with van der Waals surface area (Å²) in [6.07, 6.45) is 2.45. The molecule has 0 unspecified atom stereocenters. The van der Waals surface area contributed by atoms with Crippen LogP contribution >= 0.6 is 0 Å². The quantitative estimate of drug-likeness (QED) is 0.614. The van der Waals surface area contributed by atoms with Gasteiger partial charge in [0.1, 0.15) is 0 Å². The number of aliphatic carboxylic acids is 1. The van der Waals surface area contributed by atoms with Gasteiger partial charge in [0.2, 0.25) is 5.91 Å². The summed E-state index contributed by atoms with van der Waals surface area (Å²) in [7, 11) is 0. The van der Waals surface area contributed by atoms with Crippen molar-refractivity contribution in [3.05, 3.63) is 65.7 Å². The van der Waals surface area contributed by atoms with E-state index in [1.165, 1.54) is 5.56 Å². The average Bonchev–Trinajstić information content (AvgIpc) is 2.77. The first-order valence-electron chi connectivity index (χ1n) is 10.4. The first kappa shape index (κ1) is 21.7. The fraction of sp³-hybridized carbons (Fsp3) is 0.375. The zero-order valence-corrected chi connectivity index (χ0v) is 17.0. The minimum Gasteiger partial charge on any atom is -0.481 e. The number of piperidine rings is 1. The van der Waals surface area contributed by atoms with Crippen molar-refractivity contribution in [3.63, 3.8) is 0 Å². The largest absolute Gasteiger partial charge is 0.481 e. The van der Waals surface area contributed by atoms with Gasteiger partial charge in [0.05, 0.1) is 6.42 Å². The van der Waals surface area contributed by atoms with E-state index in [0.29, 0.717) is 23.6 Å². The number of hydrogen-bond acceptors (Lipinski definition) is 4. The van der Waals surface area contributed by atoms with Gasteiger partial charge in [-0.25, -0.2) is 0 Å². The summed E-state index contributed by atoms with van der Waals surface area (Å²) in [6, 6.07) is 17.2. The Morgan fingerprint density at radius 3 is 2.20 bits per heavy atom. The molecule has 6 heteroatoms. The van der Waals surface area contributed by atoms with Crippen LogP contribution in [-0.2, 0) is 9.59 Å². The van der Waals surface area contributed by atoms with Crippen LogP contribution in [0.1, 0.15) is 53.9 Å². The van der Waals surface area contributed by atoms with Crippen molar-refractivity contribution in [2.45, 2.75) is 38.0 Å². The number of benzene rings is 2. The van der Waals surface area contributed by atoms with E-state index < -0.39 is 5.97 Å². The molecule has 0 radical (unpaired) electrons. The molecule has 1 aliphatic rings. The maximum Gasteiger partial charge on any atom is 0.303 e. The second-order valence-corrected chi connectivity index (χ2v) is 7.72. The molecule has 2 N–H and O–H groups in total. The Bertz CT molecular complexity index is 857. The highest BCUT2D eigenvalue weighted by Gasteiger charge is 2.20. The van der Waals surface area contributed by atoms with Crippen molar-refractivity contribution in [3.8, 4) is 0 Å². The molecular weight excluding hydrogens is 380 g/mol. The lowest BCUT2D eigenvalue weighted by molar-refractivity contribution is -0.137. The van der Waals surface area contributed by atoms with Gasteiger partial charge in [-0.15, -0.1) is 0 Å². The molecule has 3 rings (SSSR count). The molecule has 2 aromatic rings. The van der Waals surface area contributed by atoms with Gasteiger partial charge in [-0.05, 0) is 61.7 Å². The van der Waals surface area contributed by atoms with Gasteiger partial charge in [0, 0.05) is 30.6 Å². The average molecular weight is 408 g/mol. The van der Waals surface area contributed by atoms with Crippen molar-refractivity contribution in [1.29, 1.82) is 0 Å². The third-order valence-electron chi connectivity index (χ3n) is 5.57. The highest BCUT2D eigenvalue weighted by molar-refractivity contribution is 5.98. The number of ketones is 1. The molecule has 0 aromatic heterocycles. The maximum atomic E-state index is 12.3. The molecule has 0 saturated carbocycles. The number of nitrogens with zero attached hydrogens (tertiary/aromatic N) is 1. The minimum absolute atomic E-state index is 0.0258. The van der Waals surface area contributed by atoms with Crippen LogP contribution in [0, 0.1) is 0 Å². The van der Waals surface area contributed by atoms with Gasteiger partial charge in [-0.3, -0.25) is 14.4 Å². The Balaban J connectivity index is 1.39. The molecule has 1 aliphatic heterocycles. The van der Waals surface area contributed by atoms with Crippen LogP contribution in [0.4, 0.5) is 5.69 Å². The first-order valence-corrected chi connectivity index (χ1v) is 10.4. The molecule has 0 bridgehead atoms. The molecule has 0 aliphatic carbocycles. The van der Waals surface area contributed by atoms with Gasteiger partial charge < -0.3 is 15.3 Å². The molecule has 30 heavy (non-hydrogen) atoms. The summed E-state index contributed by atoms with van der Waals surface area (Å²) >= 11 is 0. The normalized spacial score (nSPS) is 14.9. The van der Waals surface area contributed by atoms with Crippen LogP contribution in [0.15, 0.2) is 54.6 Å². The van der Waals surface area contributed by atoms with Crippen molar-refractivity contribution < 1.29 is 19.5 Å². The number of amides is 1. The number of Topliss-reactive ketones (excluding diaryl/α,β-unsaturated/α-hetero) is 1. The Hall–Kier alpha value is -2.99. The number of rotatable bonds is 9. The lowest BCUT2D eigenvalue weighted by atomic mass is 9.89. The Morgan fingerprint density at radius 1 is 0.900 bits per heavy atom. The topological polar surface area (TPSA) is 86.7 Å². The summed E-state index contributed by atoms with van der Waals surface area (Å²) in [5, 5.41) is 11.5. The van der Waals surface area contributed by atoms with Gasteiger partial charge in [-0.2, -0.15) is 0 Å². The van der Waals surface area contributed by atoms with E-state index in [-0.39, 0.29) is 24.5 Å². The summed E-state index contributed by atoms with van der Waals surface area (Å²) < 4.78 is 0. The Kier molecular flexibility index (Phi) is 7.74. The number of carboxylic acids is 1. The minimum atomic E-state index is -0.989. The number of hydrogen-bond donors (Lipinski definition) is 2. The zero-order valence-electron chi connectivity index (χ0n) is 17.0. The number of likely N-dealkylation sites (tertiary alicyclic amines) is 1. The zero-order chi connectivity index (χ0) is 21.3. The van der Waals surface area contributed by atoms with Crippen LogP contribution in [0.2, 0.25) is 0 Å². The number of carbonyl (C=O) groups is 3. The summed E-state index contributed by atoms with van der Waals surface area (Å²) in [5.74, 6) is -0.649. The summed E-state index contributed by atoms with van der Waals surface area (Å²) in [6.45, 7) is 2.74. The van der Waals surface area contributed by atoms with E-state index in [1.54, 1.807) is 24.3 Å².